The van der Waals surface area contributed by atoms with Crippen LogP contribution in [0, 0.1) is 11.7 Å². The summed E-state index contributed by atoms with van der Waals surface area (Å²) in [5, 5.41) is 6.04. The number of hydrazine groups is 1. The fraction of sp³-hybridized carbons (Fsp3) is 0.444. The SMILES string of the molecule is CC(C)C[C@H]1C(=O)N([C@@H](C)c2ccccc2)C[C@H]2N1C(=O)CN(C)N2C(=O)NCc1ccc(F)cc1. The van der Waals surface area contributed by atoms with E-state index in [4.69, 9.17) is 0 Å². The molecule has 0 radical (unpaired) electrons. The number of rotatable bonds is 6. The molecule has 3 atom stereocenters. The number of nitrogens with zero attached hydrogens (tertiary/aromatic N) is 4. The molecule has 1 N–H and O–H groups in total. The van der Waals surface area contributed by atoms with Crippen molar-refractivity contribution in [1.82, 2.24) is 25.1 Å². The fourth-order valence-electron chi connectivity index (χ4n) is 5.06. The molecule has 0 spiro atoms. The van der Waals surface area contributed by atoms with Gasteiger partial charge in [0.2, 0.25) is 11.8 Å². The van der Waals surface area contributed by atoms with Crippen molar-refractivity contribution in [2.75, 3.05) is 20.1 Å². The predicted octanol–water partition coefficient (Wildman–Crippen LogP) is 3.37. The molecule has 2 aliphatic rings. The normalized spacial score (nSPS) is 21.6. The summed E-state index contributed by atoms with van der Waals surface area (Å²) >= 11 is 0. The van der Waals surface area contributed by atoms with Gasteiger partial charge in [0, 0.05) is 13.6 Å². The van der Waals surface area contributed by atoms with Crippen molar-refractivity contribution in [2.45, 2.75) is 52.0 Å². The second-order valence-corrected chi connectivity index (χ2v) is 9.95. The van der Waals surface area contributed by atoms with Gasteiger partial charge < -0.3 is 15.1 Å². The molecule has 4 amide bonds. The van der Waals surface area contributed by atoms with Crippen LogP contribution >= 0.6 is 0 Å². The smallest absolute Gasteiger partial charge is 0.333 e. The van der Waals surface area contributed by atoms with E-state index < -0.39 is 12.2 Å². The first-order valence-corrected chi connectivity index (χ1v) is 12.4. The quantitative estimate of drug-likeness (QED) is 0.667. The van der Waals surface area contributed by atoms with Gasteiger partial charge >= 0.3 is 6.03 Å². The van der Waals surface area contributed by atoms with Crippen LogP contribution in [-0.2, 0) is 16.1 Å². The molecular formula is C27H34FN5O3. The maximum atomic E-state index is 13.7. The molecule has 0 unspecified atom stereocenters. The summed E-state index contributed by atoms with van der Waals surface area (Å²) < 4.78 is 13.3. The van der Waals surface area contributed by atoms with E-state index in [1.807, 2.05) is 51.1 Å². The first-order chi connectivity index (χ1) is 17.2. The van der Waals surface area contributed by atoms with Crippen LogP contribution in [0.25, 0.3) is 0 Å². The Morgan fingerprint density at radius 1 is 1.06 bits per heavy atom. The Hall–Kier alpha value is -3.46. The summed E-state index contributed by atoms with van der Waals surface area (Å²) in [5.41, 5.74) is 1.75. The first-order valence-electron chi connectivity index (χ1n) is 12.4. The number of carbonyl (C=O) groups is 3. The van der Waals surface area contributed by atoms with Crippen LogP contribution in [0.5, 0.6) is 0 Å². The molecule has 2 heterocycles. The Labute approximate surface area is 211 Å². The maximum absolute atomic E-state index is 13.7. The van der Waals surface area contributed by atoms with E-state index in [2.05, 4.69) is 5.32 Å². The molecule has 0 aliphatic carbocycles. The highest BCUT2D eigenvalue weighted by molar-refractivity contribution is 5.91. The maximum Gasteiger partial charge on any atom is 0.334 e. The highest BCUT2D eigenvalue weighted by atomic mass is 19.1. The molecule has 0 bridgehead atoms. The Bertz CT molecular complexity index is 1090. The summed E-state index contributed by atoms with van der Waals surface area (Å²) in [6.07, 6.45) is -0.134. The molecule has 2 aromatic carbocycles. The van der Waals surface area contributed by atoms with Crippen molar-refractivity contribution < 1.29 is 18.8 Å². The summed E-state index contributed by atoms with van der Waals surface area (Å²) in [5.74, 6) is -0.428. The van der Waals surface area contributed by atoms with Crippen LogP contribution in [0.1, 0.15) is 44.4 Å². The minimum Gasteiger partial charge on any atom is -0.333 e. The van der Waals surface area contributed by atoms with Crippen molar-refractivity contribution in [3.8, 4) is 0 Å². The molecule has 8 nitrogen and oxygen atoms in total. The molecule has 2 aliphatic heterocycles. The van der Waals surface area contributed by atoms with E-state index in [1.54, 1.807) is 34.0 Å². The third kappa shape index (κ3) is 5.21. The lowest BCUT2D eigenvalue weighted by Gasteiger charge is -2.55. The summed E-state index contributed by atoms with van der Waals surface area (Å²) in [7, 11) is 1.70. The number of amides is 4. The lowest BCUT2D eigenvalue weighted by molar-refractivity contribution is -0.190. The van der Waals surface area contributed by atoms with Crippen LogP contribution in [0.4, 0.5) is 9.18 Å². The topological polar surface area (TPSA) is 76.2 Å². The lowest BCUT2D eigenvalue weighted by atomic mass is 9.95. The van der Waals surface area contributed by atoms with Crippen molar-refractivity contribution in [3.63, 3.8) is 0 Å². The predicted molar refractivity (Wildman–Crippen MR) is 134 cm³/mol. The van der Waals surface area contributed by atoms with Gasteiger partial charge in [-0.3, -0.25) is 9.59 Å². The van der Waals surface area contributed by atoms with Gasteiger partial charge in [-0.25, -0.2) is 19.2 Å². The number of carbonyl (C=O) groups excluding carboxylic acids is 3. The zero-order valence-electron chi connectivity index (χ0n) is 21.2. The Morgan fingerprint density at radius 2 is 1.72 bits per heavy atom. The zero-order valence-corrected chi connectivity index (χ0v) is 21.2. The standard InChI is InChI=1S/C27H34FN5O3/c1-18(2)14-23-26(35)31(19(3)21-8-6-5-7-9-21)16-24-32(23)25(34)17-30(4)33(24)27(36)29-15-20-10-12-22(28)13-11-20/h5-13,18-19,23-24H,14-17H2,1-4H3,(H,29,36)/t19-,23-,24-/m0/s1. The molecular weight excluding hydrogens is 461 g/mol. The van der Waals surface area contributed by atoms with Crippen molar-refractivity contribution in [3.05, 3.63) is 71.5 Å². The van der Waals surface area contributed by atoms with Crippen LogP contribution in [0.15, 0.2) is 54.6 Å². The minimum absolute atomic E-state index is 0.00339. The number of piperazine rings is 1. The number of nitrogens with one attached hydrogen (secondary N) is 1. The van der Waals surface area contributed by atoms with E-state index in [0.717, 1.165) is 11.1 Å². The van der Waals surface area contributed by atoms with Gasteiger partial charge in [-0.05, 0) is 42.5 Å². The van der Waals surface area contributed by atoms with Crippen molar-refractivity contribution >= 4 is 17.8 Å². The number of likely N-dealkylation sites (N-methyl/N-ethyl adjacent to an activating group) is 1. The number of benzene rings is 2. The Morgan fingerprint density at radius 3 is 2.36 bits per heavy atom. The van der Waals surface area contributed by atoms with Crippen molar-refractivity contribution in [1.29, 1.82) is 0 Å². The van der Waals surface area contributed by atoms with Gasteiger partial charge in [0.25, 0.3) is 0 Å². The van der Waals surface area contributed by atoms with E-state index in [9.17, 15) is 18.8 Å². The van der Waals surface area contributed by atoms with Gasteiger partial charge in [-0.15, -0.1) is 0 Å². The average molecular weight is 496 g/mol. The summed E-state index contributed by atoms with van der Waals surface area (Å²) in [6.45, 7) is 6.43. The third-order valence-corrected chi connectivity index (χ3v) is 6.90. The largest absolute Gasteiger partial charge is 0.334 e. The minimum atomic E-state index is -0.650. The van der Waals surface area contributed by atoms with Crippen LogP contribution in [-0.4, -0.2) is 70.0 Å². The van der Waals surface area contributed by atoms with Crippen LogP contribution in [0.2, 0.25) is 0 Å². The molecule has 2 saturated heterocycles. The number of halogens is 1. The Kier molecular flexibility index (Phi) is 7.59. The highest BCUT2D eigenvalue weighted by Gasteiger charge is 2.51. The van der Waals surface area contributed by atoms with Gasteiger partial charge in [0.15, 0.2) is 0 Å². The monoisotopic (exact) mass is 495 g/mol. The summed E-state index contributed by atoms with van der Waals surface area (Å²) in [4.78, 5) is 43.8. The lowest BCUT2D eigenvalue weighted by Crippen LogP contribution is -2.76. The van der Waals surface area contributed by atoms with E-state index in [-0.39, 0.29) is 55.3 Å². The third-order valence-electron chi connectivity index (χ3n) is 6.90. The molecule has 2 fully saturated rings. The molecule has 36 heavy (non-hydrogen) atoms. The highest BCUT2D eigenvalue weighted by Crippen LogP contribution is 2.33. The first kappa shape index (κ1) is 25.6. The molecule has 0 saturated carbocycles. The van der Waals surface area contributed by atoms with Crippen molar-refractivity contribution in [2.24, 2.45) is 5.92 Å². The second-order valence-electron chi connectivity index (χ2n) is 9.95. The van der Waals surface area contributed by atoms with E-state index in [0.29, 0.717) is 6.42 Å². The molecule has 0 aromatic heterocycles. The van der Waals surface area contributed by atoms with E-state index in [1.165, 1.54) is 17.1 Å². The number of fused-ring (bicyclic) bond motifs is 1. The fourth-order valence-corrected chi connectivity index (χ4v) is 5.06. The van der Waals surface area contributed by atoms with Gasteiger partial charge in [0.1, 0.15) is 18.0 Å². The number of hydrogen-bond acceptors (Lipinski definition) is 4. The molecule has 4 rings (SSSR count). The van der Waals surface area contributed by atoms with Gasteiger partial charge in [-0.1, -0.05) is 56.3 Å². The molecule has 192 valence electrons. The van der Waals surface area contributed by atoms with Crippen LogP contribution < -0.4 is 5.32 Å². The average Bonchev–Trinajstić information content (AvgIpc) is 2.85. The summed E-state index contributed by atoms with van der Waals surface area (Å²) in [6, 6.07) is 14.4. The molecule has 2 aromatic rings. The van der Waals surface area contributed by atoms with Gasteiger partial charge in [0.05, 0.1) is 19.1 Å². The second kappa shape index (κ2) is 10.7. The molecule has 9 heteroatoms. The van der Waals surface area contributed by atoms with Crippen LogP contribution in [0.3, 0.4) is 0 Å². The number of urea groups is 1. The van der Waals surface area contributed by atoms with E-state index >= 15 is 0 Å². The van der Waals surface area contributed by atoms with Gasteiger partial charge in [-0.2, -0.15) is 0 Å². The number of hydrogen-bond donors (Lipinski definition) is 1. The zero-order chi connectivity index (χ0) is 26.0. The Balaban J connectivity index is 1.63.